The molecule has 19 heavy (non-hydrogen) atoms. The number of benzene rings is 1. The molecule has 3 heteroatoms. The fourth-order valence-corrected chi connectivity index (χ4v) is 2.89. The van der Waals surface area contributed by atoms with Crippen molar-refractivity contribution < 1.29 is 9.15 Å². The Bertz CT molecular complexity index is 528. The molecule has 102 valence electrons. The first kappa shape index (κ1) is 12.7. The van der Waals surface area contributed by atoms with E-state index in [1.165, 1.54) is 10.9 Å². The van der Waals surface area contributed by atoms with Crippen molar-refractivity contribution in [2.45, 2.75) is 25.8 Å². The standard InChI is InChI=1S/C16H21NO2/c1-2-8-17-16(12-7-9-18-10-12)14-11-19-15-6-4-3-5-13(14)15/h3-6,11-12,16-17H,2,7-10H2,1H3. The van der Waals surface area contributed by atoms with Crippen molar-refractivity contribution >= 4 is 11.0 Å². The van der Waals surface area contributed by atoms with Gasteiger partial charge in [-0.15, -0.1) is 0 Å². The molecule has 1 aliphatic heterocycles. The molecule has 1 saturated heterocycles. The summed E-state index contributed by atoms with van der Waals surface area (Å²) in [7, 11) is 0. The van der Waals surface area contributed by atoms with Crippen LogP contribution in [0.2, 0.25) is 0 Å². The first-order valence-electron chi connectivity index (χ1n) is 7.17. The minimum absolute atomic E-state index is 0.339. The van der Waals surface area contributed by atoms with E-state index >= 15 is 0 Å². The highest BCUT2D eigenvalue weighted by molar-refractivity contribution is 5.81. The van der Waals surface area contributed by atoms with Crippen LogP contribution in [0.25, 0.3) is 11.0 Å². The number of para-hydroxylation sites is 1. The summed E-state index contributed by atoms with van der Waals surface area (Å²) in [5.74, 6) is 0.549. The molecule has 0 spiro atoms. The predicted octanol–water partition coefficient (Wildman–Crippen LogP) is 3.51. The van der Waals surface area contributed by atoms with Gasteiger partial charge >= 0.3 is 0 Å². The minimum atomic E-state index is 0.339. The SMILES string of the molecule is CCCNC(c1coc2ccccc12)C1CCOC1. The minimum Gasteiger partial charge on any atom is -0.464 e. The second-order valence-corrected chi connectivity index (χ2v) is 5.24. The van der Waals surface area contributed by atoms with Gasteiger partial charge in [0.15, 0.2) is 0 Å². The van der Waals surface area contributed by atoms with Crippen LogP contribution in [0, 0.1) is 5.92 Å². The van der Waals surface area contributed by atoms with Gasteiger partial charge in [0.1, 0.15) is 5.58 Å². The average molecular weight is 259 g/mol. The van der Waals surface area contributed by atoms with Gasteiger partial charge in [0, 0.05) is 29.5 Å². The lowest BCUT2D eigenvalue weighted by Crippen LogP contribution is -2.29. The Hall–Kier alpha value is -1.32. The highest BCUT2D eigenvalue weighted by Crippen LogP contribution is 2.34. The summed E-state index contributed by atoms with van der Waals surface area (Å²) in [6.07, 6.45) is 4.18. The summed E-state index contributed by atoms with van der Waals surface area (Å²) in [6, 6.07) is 8.60. The third-order valence-electron chi connectivity index (χ3n) is 3.90. The van der Waals surface area contributed by atoms with Gasteiger partial charge in [0.25, 0.3) is 0 Å². The van der Waals surface area contributed by atoms with Crippen LogP contribution in [0.3, 0.4) is 0 Å². The molecule has 0 amide bonds. The maximum Gasteiger partial charge on any atom is 0.134 e. The third-order valence-corrected chi connectivity index (χ3v) is 3.90. The normalized spacial score (nSPS) is 21.0. The summed E-state index contributed by atoms with van der Waals surface area (Å²) in [4.78, 5) is 0. The maximum absolute atomic E-state index is 5.69. The van der Waals surface area contributed by atoms with Crippen LogP contribution in [0.4, 0.5) is 0 Å². The number of ether oxygens (including phenoxy) is 1. The van der Waals surface area contributed by atoms with Crippen LogP contribution >= 0.6 is 0 Å². The Labute approximate surface area is 113 Å². The molecule has 2 aromatic rings. The molecule has 1 aromatic carbocycles. The van der Waals surface area contributed by atoms with Gasteiger partial charge in [-0.1, -0.05) is 25.1 Å². The van der Waals surface area contributed by atoms with Gasteiger partial charge in [-0.2, -0.15) is 0 Å². The third kappa shape index (κ3) is 2.53. The number of fused-ring (bicyclic) bond motifs is 1. The van der Waals surface area contributed by atoms with Crippen molar-refractivity contribution in [2.75, 3.05) is 19.8 Å². The molecule has 3 nitrogen and oxygen atoms in total. The first-order valence-corrected chi connectivity index (χ1v) is 7.17. The number of rotatable bonds is 5. The van der Waals surface area contributed by atoms with E-state index in [1.807, 2.05) is 18.4 Å². The van der Waals surface area contributed by atoms with Crippen molar-refractivity contribution in [1.82, 2.24) is 5.32 Å². The fourth-order valence-electron chi connectivity index (χ4n) is 2.89. The number of nitrogens with one attached hydrogen (secondary N) is 1. The molecule has 2 heterocycles. The molecule has 0 aliphatic carbocycles. The van der Waals surface area contributed by atoms with E-state index in [9.17, 15) is 0 Å². The maximum atomic E-state index is 5.69. The van der Waals surface area contributed by atoms with Crippen LogP contribution in [0.5, 0.6) is 0 Å². The smallest absolute Gasteiger partial charge is 0.134 e. The molecule has 1 aliphatic rings. The van der Waals surface area contributed by atoms with Crippen LogP contribution in [-0.2, 0) is 4.74 Å². The van der Waals surface area contributed by atoms with E-state index in [0.717, 1.165) is 38.2 Å². The summed E-state index contributed by atoms with van der Waals surface area (Å²) in [5, 5.41) is 4.89. The Morgan fingerprint density at radius 2 is 2.26 bits per heavy atom. The second-order valence-electron chi connectivity index (χ2n) is 5.24. The Morgan fingerprint density at radius 1 is 1.37 bits per heavy atom. The molecule has 0 saturated carbocycles. The van der Waals surface area contributed by atoms with E-state index in [4.69, 9.17) is 9.15 Å². The molecule has 2 unspecified atom stereocenters. The molecule has 0 bridgehead atoms. The summed E-state index contributed by atoms with van der Waals surface area (Å²) >= 11 is 0. The van der Waals surface area contributed by atoms with Crippen LogP contribution in [0.15, 0.2) is 34.9 Å². The fraction of sp³-hybridized carbons (Fsp3) is 0.500. The monoisotopic (exact) mass is 259 g/mol. The number of hydrogen-bond acceptors (Lipinski definition) is 3. The number of hydrogen-bond donors (Lipinski definition) is 1. The van der Waals surface area contributed by atoms with Gasteiger partial charge in [-0.05, 0) is 25.5 Å². The molecular formula is C16H21NO2. The zero-order valence-electron chi connectivity index (χ0n) is 11.4. The van der Waals surface area contributed by atoms with Crippen molar-refractivity contribution in [3.63, 3.8) is 0 Å². The molecule has 3 rings (SSSR count). The topological polar surface area (TPSA) is 34.4 Å². The Morgan fingerprint density at radius 3 is 3.05 bits per heavy atom. The summed E-state index contributed by atoms with van der Waals surface area (Å²) < 4.78 is 11.2. The van der Waals surface area contributed by atoms with Gasteiger partial charge in [-0.3, -0.25) is 0 Å². The average Bonchev–Trinajstić information content (AvgIpc) is 3.09. The van der Waals surface area contributed by atoms with Crippen molar-refractivity contribution in [2.24, 2.45) is 5.92 Å². The highest BCUT2D eigenvalue weighted by Gasteiger charge is 2.28. The van der Waals surface area contributed by atoms with E-state index in [0.29, 0.717) is 12.0 Å². The van der Waals surface area contributed by atoms with Gasteiger partial charge < -0.3 is 14.5 Å². The highest BCUT2D eigenvalue weighted by atomic mass is 16.5. The lowest BCUT2D eigenvalue weighted by atomic mass is 9.92. The van der Waals surface area contributed by atoms with Crippen molar-refractivity contribution in [1.29, 1.82) is 0 Å². The zero-order chi connectivity index (χ0) is 13.1. The van der Waals surface area contributed by atoms with E-state index < -0.39 is 0 Å². The van der Waals surface area contributed by atoms with Crippen LogP contribution in [0.1, 0.15) is 31.4 Å². The van der Waals surface area contributed by atoms with Gasteiger partial charge in [-0.25, -0.2) is 0 Å². The lowest BCUT2D eigenvalue weighted by molar-refractivity contribution is 0.176. The predicted molar refractivity (Wildman–Crippen MR) is 76.2 cm³/mol. The van der Waals surface area contributed by atoms with Crippen molar-refractivity contribution in [3.05, 3.63) is 36.1 Å². The van der Waals surface area contributed by atoms with Crippen LogP contribution < -0.4 is 5.32 Å². The Kier molecular flexibility index (Phi) is 3.85. The lowest BCUT2D eigenvalue weighted by Gasteiger charge is -2.23. The molecule has 1 aromatic heterocycles. The zero-order valence-corrected chi connectivity index (χ0v) is 11.4. The summed E-state index contributed by atoms with van der Waals surface area (Å²) in [5.41, 5.74) is 2.25. The van der Waals surface area contributed by atoms with E-state index in [2.05, 4.69) is 24.4 Å². The molecule has 1 fully saturated rings. The molecular weight excluding hydrogens is 238 g/mol. The first-order chi connectivity index (χ1) is 9.40. The van der Waals surface area contributed by atoms with E-state index in [-0.39, 0.29) is 0 Å². The van der Waals surface area contributed by atoms with Crippen molar-refractivity contribution in [3.8, 4) is 0 Å². The van der Waals surface area contributed by atoms with Gasteiger partial charge in [0.2, 0.25) is 0 Å². The second kappa shape index (κ2) is 5.76. The van der Waals surface area contributed by atoms with E-state index in [1.54, 1.807) is 0 Å². The molecule has 1 N–H and O–H groups in total. The Balaban J connectivity index is 1.93. The van der Waals surface area contributed by atoms with Crippen LogP contribution in [-0.4, -0.2) is 19.8 Å². The molecule has 2 atom stereocenters. The quantitative estimate of drug-likeness (QED) is 0.892. The molecule has 0 radical (unpaired) electrons. The summed E-state index contributed by atoms with van der Waals surface area (Å²) in [6.45, 7) is 4.95. The number of furan rings is 1. The largest absolute Gasteiger partial charge is 0.464 e. The van der Waals surface area contributed by atoms with Gasteiger partial charge in [0.05, 0.1) is 12.9 Å².